The molecule has 1 aliphatic heterocycles. The second kappa shape index (κ2) is 6.57. The molecular formula is C14H15N3O3. The molecule has 6 heteroatoms. The molecule has 1 aromatic rings. The second-order valence-corrected chi connectivity index (χ2v) is 4.41. The smallest absolute Gasteiger partial charge is 0.257 e. The van der Waals surface area contributed by atoms with E-state index in [9.17, 15) is 9.59 Å². The fraction of sp³-hybridized carbons (Fsp3) is 0.357. The maximum Gasteiger partial charge on any atom is 0.257 e. The average Bonchev–Trinajstić information content (AvgIpc) is 2.45. The highest BCUT2D eigenvalue weighted by Gasteiger charge is 2.15. The Hall–Kier alpha value is -2.55. The van der Waals surface area contributed by atoms with E-state index in [2.05, 4.69) is 10.6 Å². The summed E-state index contributed by atoms with van der Waals surface area (Å²) < 4.78 is 5.35. The van der Waals surface area contributed by atoms with Crippen LogP contribution in [0.1, 0.15) is 18.4 Å². The summed E-state index contributed by atoms with van der Waals surface area (Å²) in [5.74, 6) is 0.243. The Bertz CT molecular complexity index is 563. The molecule has 0 fully saturated rings. The lowest BCUT2D eigenvalue weighted by atomic mass is 10.0. The van der Waals surface area contributed by atoms with E-state index in [0.29, 0.717) is 18.7 Å². The fourth-order valence-corrected chi connectivity index (χ4v) is 1.90. The molecule has 0 radical (unpaired) electrons. The predicted molar refractivity (Wildman–Crippen MR) is 72.1 cm³/mol. The second-order valence-electron chi connectivity index (χ2n) is 4.41. The van der Waals surface area contributed by atoms with Crippen molar-refractivity contribution in [2.75, 3.05) is 18.5 Å². The number of ether oxygens (including phenoxy) is 1. The zero-order valence-corrected chi connectivity index (χ0v) is 10.9. The van der Waals surface area contributed by atoms with Crippen LogP contribution in [-0.2, 0) is 16.0 Å². The highest BCUT2D eigenvalue weighted by atomic mass is 16.5. The van der Waals surface area contributed by atoms with Crippen LogP contribution in [0.5, 0.6) is 5.75 Å². The Morgan fingerprint density at radius 3 is 3.10 bits per heavy atom. The molecule has 1 heterocycles. The Kier molecular flexibility index (Phi) is 4.56. The number of nitrogens with one attached hydrogen (secondary N) is 2. The summed E-state index contributed by atoms with van der Waals surface area (Å²) in [6.45, 7) is 0.205. The van der Waals surface area contributed by atoms with Gasteiger partial charge in [0, 0.05) is 24.7 Å². The normalized spacial score (nSPS) is 12.8. The number of aryl methyl sites for hydroxylation is 1. The summed E-state index contributed by atoms with van der Waals surface area (Å²) in [6, 6.07) is 7.32. The first-order valence-electron chi connectivity index (χ1n) is 6.38. The Morgan fingerprint density at radius 2 is 2.30 bits per heavy atom. The van der Waals surface area contributed by atoms with Gasteiger partial charge in [-0.1, -0.05) is 6.07 Å². The number of fused-ring (bicyclic) bond motifs is 1. The van der Waals surface area contributed by atoms with Gasteiger partial charge in [0.2, 0.25) is 5.91 Å². The van der Waals surface area contributed by atoms with Gasteiger partial charge in [-0.15, -0.1) is 0 Å². The van der Waals surface area contributed by atoms with Crippen LogP contribution in [0.4, 0.5) is 5.69 Å². The van der Waals surface area contributed by atoms with Gasteiger partial charge in [-0.05, 0) is 18.1 Å². The lowest BCUT2D eigenvalue weighted by Gasteiger charge is -2.17. The van der Waals surface area contributed by atoms with Gasteiger partial charge in [0.25, 0.3) is 5.91 Å². The van der Waals surface area contributed by atoms with Gasteiger partial charge in [-0.2, -0.15) is 5.26 Å². The van der Waals surface area contributed by atoms with Crippen LogP contribution in [0.25, 0.3) is 0 Å². The van der Waals surface area contributed by atoms with E-state index in [4.69, 9.17) is 10.00 Å². The van der Waals surface area contributed by atoms with Crippen molar-refractivity contribution in [3.63, 3.8) is 0 Å². The van der Waals surface area contributed by atoms with E-state index in [0.717, 1.165) is 17.7 Å². The number of benzene rings is 1. The van der Waals surface area contributed by atoms with Crippen molar-refractivity contribution in [3.8, 4) is 11.8 Å². The molecule has 104 valence electrons. The van der Waals surface area contributed by atoms with Gasteiger partial charge >= 0.3 is 0 Å². The highest BCUT2D eigenvalue weighted by molar-refractivity contribution is 5.94. The van der Waals surface area contributed by atoms with E-state index in [1.54, 1.807) is 12.1 Å². The van der Waals surface area contributed by atoms with E-state index < -0.39 is 0 Å². The summed E-state index contributed by atoms with van der Waals surface area (Å²) in [4.78, 5) is 22.7. The number of amides is 2. The van der Waals surface area contributed by atoms with E-state index >= 15 is 0 Å². The quantitative estimate of drug-likeness (QED) is 0.782. The summed E-state index contributed by atoms with van der Waals surface area (Å²) in [6.07, 6.45) is 1.49. The van der Waals surface area contributed by atoms with Gasteiger partial charge in [-0.3, -0.25) is 9.59 Å². The average molecular weight is 273 g/mol. The first-order chi connectivity index (χ1) is 9.69. The third-order valence-corrected chi connectivity index (χ3v) is 2.91. The summed E-state index contributed by atoms with van der Waals surface area (Å²) >= 11 is 0. The zero-order valence-electron chi connectivity index (χ0n) is 10.9. The number of hydrogen-bond donors (Lipinski definition) is 2. The third kappa shape index (κ3) is 3.72. The molecule has 6 nitrogen and oxygen atoms in total. The molecule has 0 bridgehead atoms. The minimum atomic E-state index is -0.276. The molecule has 0 saturated carbocycles. The van der Waals surface area contributed by atoms with Gasteiger partial charge < -0.3 is 15.4 Å². The largest absolute Gasteiger partial charge is 0.484 e. The van der Waals surface area contributed by atoms with Crippen molar-refractivity contribution in [3.05, 3.63) is 23.8 Å². The highest BCUT2D eigenvalue weighted by Crippen LogP contribution is 2.26. The third-order valence-electron chi connectivity index (χ3n) is 2.91. The Labute approximate surface area is 116 Å². The topological polar surface area (TPSA) is 91.2 Å². The van der Waals surface area contributed by atoms with Gasteiger partial charge in [0.1, 0.15) is 5.75 Å². The van der Waals surface area contributed by atoms with E-state index in [-0.39, 0.29) is 24.8 Å². The molecule has 2 rings (SSSR count). The number of nitriles is 1. The van der Waals surface area contributed by atoms with Crippen LogP contribution in [0.15, 0.2) is 18.2 Å². The van der Waals surface area contributed by atoms with E-state index in [1.807, 2.05) is 12.1 Å². The zero-order chi connectivity index (χ0) is 14.4. The molecular weight excluding hydrogens is 258 g/mol. The minimum absolute atomic E-state index is 0.0103. The standard InChI is InChI=1S/C14H15N3O3/c15-6-1-7-16-14(19)9-20-11-4-2-10-3-5-13(18)17-12(10)8-11/h2,4,8H,1,3,5,7,9H2,(H,16,19)(H,17,18). The number of hydrogen-bond acceptors (Lipinski definition) is 4. The number of rotatable bonds is 5. The molecule has 1 aliphatic rings. The molecule has 20 heavy (non-hydrogen) atoms. The van der Waals surface area contributed by atoms with Crippen LogP contribution in [-0.4, -0.2) is 25.0 Å². The summed E-state index contributed by atoms with van der Waals surface area (Å²) in [5.41, 5.74) is 1.80. The molecule has 0 spiro atoms. The molecule has 0 aromatic heterocycles. The van der Waals surface area contributed by atoms with E-state index in [1.165, 1.54) is 0 Å². The van der Waals surface area contributed by atoms with Crippen LogP contribution in [0, 0.1) is 11.3 Å². The molecule has 2 N–H and O–H groups in total. The molecule has 0 atom stereocenters. The molecule has 2 amide bonds. The van der Waals surface area contributed by atoms with Crippen LogP contribution in [0.2, 0.25) is 0 Å². The molecule has 1 aromatic carbocycles. The maximum atomic E-state index is 11.4. The molecule has 0 unspecified atom stereocenters. The summed E-state index contributed by atoms with van der Waals surface area (Å²) in [5, 5.41) is 13.7. The SMILES string of the molecule is N#CCCNC(=O)COc1ccc2c(c1)NC(=O)CC2. The molecule has 0 aliphatic carbocycles. The monoisotopic (exact) mass is 273 g/mol. The lowest BCUT2D eigenvalue weighted by Crippen LogP contribution is -2.29. The number of carbonyl (C=O) groups excluding carboxylic acids is 2. The summed E-state index contributed by atoms with van der Waals surface area (Å²) in [7, 11) is 0. The number of carbonyl (C=O) groups is 2. The Morgan fingerprint density at radius 1 is 1.45 bits per heavy atom. The van der Waals surface area contributed by atoms with Gasteiger partial charge in [0.15, 0.2) is 6.61 Å². The lowest BCUT2D eigenvalue weighted by molar-refractivity contribution is -0.123. The number of anilines is 1. The van der Waals surface area contributed by atoms with Crippen LogP contribution in [0.3, 0.4) is 0 Å². The first-order valence-corrected chi connectivity index (χ1v) is 6.38. The van der Waals surface area contributed by atoms with Gasteiger partial charge in [0.05, 0.1) is 12.5 Å². The minimum Gasteiger partial charge on any atom is -0.484 e. The molecule has 0 saturated heterocycles. The Balaban J connectivity index is 1.88. The predicted octanol–water partition coefficient (Wildman–Crippen LogP) is 0.980. The maximum absolute atomic E-state index is 11.4. The fourth-order valence-electron chi connectivity index (χ4n) is 1.90. The van der Waals surface area contributed by atoms with Crippen molar-refractivity contribution < 1.29 is 14.3 Å². The number of nitrogens with zero attached hydrogens (tertiary/aromatic N) is 1. The van der Waals surface area contributed by atoms with Gasteiger partial charge in [-0.25, -0.2) is 0 Å². The van der Waals surface area contributed by atoms with Crippen LogP contribution >= 0.6 is 0 Å². The van der Waals surface area contributed by atoms with Crippen LogP contribution < -0.4 is 15.4 Å². The van der Waals surface area contributed by atoms with Crippen molar-refractivity contribution in [1.82, 2.24) is 5.32 Å². The van der Waals surface area contributed by atoms with Crippen molar-refractivity contribution in [1.29, 1.82) is 5.26 Å². The first kappa shape index (κ1) is 13.9. The van der Waals surface area contributed by atoms with Crippen molar-refractivity contribution in [2.45, 2.75) is 19.3 Å². The van der Waals surface area contributed by atoms with Crippen molar-refractivity contribution >= 4 is 17.5 Å². The van der Waals surface area contributed by atoms with Crippen molar-refractivity contribution in [2.24, 2.45) is 0 Å².